The third-order valence-electron chi connectivity index (χ3n) is 3.55. The van der Waals surface area contributed by atoms with E-state index in [2.05, 4.69) is 16.6 Å². The molecule has 1 unspecified atom stereocenters. The summed E-state index contributed by atoms with van der Waals surface area (Å²) in [5, 5.41) is 2.69. The lowest BCUT2D eigenvalue weighted by Gasteiger charge is -2.32. The van der Waals surface area contributed by atoms with Crippen molar-refractivity contribution in [2.45, 2.75) is 25.9 Å². The van der Waals surface area contributed by atoms with Crippen molar-refractivity contribution < 1.29 is 23.9 Å². The molecule has 0 fully saturated rings. The van der Waals surface area contributed by atoms with Gasteiger partial charge in [0.25, 0.3) is 5.91 Å². The molecule has 0 saturated carbocycles. The number of hydrogen-bond donors (Lipinski definition) is 1. The van der Waals surface area contributed by atoms with Crippen LogP contribution in [-0.4, -0.2) is 37.5 Å². The summed E-state index contributed by atoms with van der Waals surface area (Å²) in [6, 6.07) is 5.04. The number of amides is 2. The third kappa shape index (κ3) is 3.92. The van der Waals surface area contributed by atoms with Crippen LogP contribution in [-0.2, 0) is 19.1 Å². The fraction of sp³-hybridized carbons (Fsp3) is 0.353. The van der Waals surface area contributed by atoms with E-state index in [-0.39, 0.29) is 24.7 Å². The molecule has 1 atom stereocenters. The molecule has 0 bridgehead atoms. The fourth-order valence-electron chi connectivity index (χ4n) is 2.35. The highest BCUT2D eigenvalue weighted by atomic mass is 16.5. The van der Waals surface area contributed by atoms with Crippen LogP contribution in [0.5, 0.6) is 5.75 Å². The predicted octanol–water partition coefficient (Wildman–Crippen LogP) is 1.88. The number of hydrogen-bond acceptors (Lipinski definition) is 5. The summed E-state index contributed by atoms with van der Waals surface area (Å²) >= 11 is 0. The third-order valence-corrected chi connectivity index (χ3v) is 3.55. The molecular weight excluding hydrogens is 312 g/mol. The van der Waals surface area contributed by atoms with E-state index < -0.39 is 12.1 Å². The van der Waals surface area contributed by atoms with Crippen LogP contribution in [0.2, 0.25) is 0 Å². The number of anilines is 2. The monoisotopic (exact) mass is 332 g/mol. The zero-order valence-electron chi connectivity index (χ0n) is 13.7. The highest BCUT2D eigenvalue weighted by Crippen LogP contribution is 2.36. The largest absolute Gasteiger partial charge is 0.479 e. The summed E-state index contributed by atoms with van der Waals surface area (Å²) in [4.78, 5) is 36.6. The van der Waals surface area contributed by atoms with E-state index in [0.29, 0.717) is 23.7 Å². The Morgan fingerprint density at radius 1 is 1.42 bits per heavy atom. The first kappa shape index (κ1) is 17.5. The molecule has 1 aromatic carbocycles. The van der Waals surface area contributed by atoms with Gasteiger partial charge in [-0.3, -0.25) is 14.4 Å². The molecule has 2 rings (SSSR count). The van der Waals surface area contributed by atoms with E-state index in [1.54, 1.807) is 36.1 Å². The molecule has 7 heteroatoms. The Kier molecular flexibility index (Phi) is 5.57. The van der Waals surface area contributed by atoms with E-state index in [4.69, 9.17) is 4.74 Å². The van der Waals surface area contributed by atoms with Crippen molar-refractivity contribution in [3.05, 3.63) is 30.9 Å². The molecule has 1 N–H and O–H groups in total. The van der Waals surface area contributed by atoms with Crippen molar-refractivity contribution >= 4 is 29.2 Å². The summed E-state index contributed by atoms with van der Waals surface area (Å²) in [7, 11) is 1.28. The first-order valence-corrected chi connectivity index (χ1v) is 7.56. The number of rotatable bonds is 6. The minimum atomic E-state index is -0.609. The summed E-state index contributed by atoms with van der Waals surface area (Å²) in [5.74, 6) is -0.374. The van der Waals surface area contributed by atoms with Gasteiger partial charge in [-0.1, -0.05) is 6.08 Å². The Morgan fingerprint density at radius 2 is 2.17 bits per heavy atom. The van der Waals surface area contributed by atoms with Gasteiger partial charge in [-0.15, -0.1) is 6.58 Å². The van der Waals surface area contributed by atoms with Gasteiger partial charge < -0.3 is 19.7 Å². The molecule has 0 aromatic heterocycles. The zero-order valence-corrected chi connectivity index (χ0v) is 13.7. The second-order valence-electron chi connectivity index (χ2n) is 5.30. The number of carbonyl (C=O) groups is 3. The molecule has 1 heterocycles. The Balaban J connectivity index is 2.12. The first-order chi connectivity index (χ1) is 11.5. The number of fused-ring (bicyclic) bond motifs is 1. The van der Waals surface area contributed by atoms with E-state index in [0.717, 1.165) is 0 Å². The van der Waals surface area contributed by atoms with Crippen molar-refractivity contribution in [2.24, 2.45) is 0 Å². The molecule has 0 aliphatic carbocycles. The van der Waals surface area contributed by atoms with Gasteiger partial charge in [0, 0.05) is 24.7 Å². The zero-order chi connectivity index (χ0) is 17.7. The maximum absolute atomic E-state index is 12.2. The topological polar surface area (TPSA) is 84.9 Å². The number of methoxy groups -OCH3 is 1. The molecule has 1 aromatic rings. The predicted molar refractivity (Wildman–Crippen MR) is 89.0 cm³/mol. The van der Waals surface area contributed by atoms with Crippen LogP contribution in [0.15, 0.2) is 30.9 Å². The van der Waals surface area contributed by atoms with Crippen LogP contribution >= 0.6 is 0 Å². The van der Waals surface area contributed by atoms with Crippen molar-refractivity contribution in [1.29, 1.82) is 0 Å². The van der Waals surface area contributed by atoms with E-state index in [9.17, 15) is 14.4 Å². The molecule has 7 nitrogen and oxygen atoms in total. The molecule has 128 valence electrons. The number of benzene rings is 1. The van der Waals surface area contributed by atoms with E-state index >= 15 is 0 Å². The van der Waals surface area contributed by atoms with Gasteiger partial charge in [0.15, 0.2) is 6.10 Å². The Labute approximate surface area is 140 Å². The van der Waals surface area contributed by atoms with Gasteiger partial charge in [-0.2, -0.15) is 0 Å². The second-order valence-corrected chi connectivity index (χ2v) is 5.30. The van der Waals surface area contributed by atoms with Gasteiger partial charge in [-0.25, -0.2) is 0 Å². The van der Waals surface area contributed by atoms with Crippen molar-refractivity contribution in [3.8, 4) is 5.75 Å². The van der Waals surface area contributed by atoms with Crippen LogP contribution in [0.1, 0.15) is 19.8 Å². The minimum Gasteiger partial charge on any atom is -0.479 e. The standard InChI is InChI=1S/C17H20N2O5/c1-4-9-19-13-6-5-12(10-14(13)24-11(2)17(19)22)18-15(20)7-8-16(21)23-3/h4-6,10-11H,1,7-9H2,2-3H3,(H,18,20). The van der Waals surface area contributed by atoms with Crippen LogP contribution in [0.4, 0.5) is 11.4 Å². The first-order valence-electron chi connectivity index (χ1n) is 7.56. The van der Waals surface area contributed by atoms with Crippen molar-refractivity contribution in [3.63, 3.8) is 0 Å². The molecule has 0 saturated heterocycles. The van der Waals surface area contributed by atoms with Gasteiger partial charge in [0.1, 0.15) is 5.75 Å². The lowest BCUT2D eigenvalue weighted by Crippen LogP contribution is -2.44. The molecule has 24 heavy (non-hydrogen) atoms. The Morgan fingerprint density at radius 3 is 2.83 bits per heavy atom. The number of nitrogens with one attached hydrogen (secondary N) is 1. The molecule has 1 aliphatic rings. The highest BCUT2D eigenvalue weighted by Gasteiger charge is 2.30. The highest BCUT2D eigenvalue weighted by molar-refractivity contribution is 6.01. The molecule has 1 aliphatic heterocycles. The average molecular weight is 332 g/mol. The average Bonchev–Trinajstić information content (AvgIpc) is 2.56. The van der Waals surface area contributed by atoms with Crippen molar-refractivity contribution in [1.82, 2.24) is 0 Å². The lowest BCUT2D eigenvalue weighted by molar-refractivity contribution is -0.141. The number of ether oxygens (including phenoxy) is 2. The van der Waals surface area contributed by atoms with Crippen LogP contribution < -0.4 is 15.0 Å². The fourth-order valence-corrected chi connectivity index (χ4v) is 2.35. The smallest absolute Gasteiger partial charge is 0.306 e. The quantitative estimate of drug-likeness (QED) is 0.635. The summed E-state index contributed by atoms with van der Waals surface area (Å²) in [6.07, 6.45) is 1.08. The number of carbonyl (C=O) groups excluding carboxylic acids is 3. The maximum Gasteiger partial charge on any atom is 0.306 e. The summed E-state index contributed by atoms with van der Waals surface area (Å²) in [5.41, 5.74) is 1.16. The van der Waals surface area contributed by atoms with E-state index in [1.807, 2.05) is 0 Å². The Bertz CT molecular complexity index is 671. The van der Waals surface area contributed by atoms with E-state index in [1.165, 1.54) is 7.11 Å². The van der Waals surface area contributed by atoms with Gasteiger partial charge >= 0.3 is 5.97 Å². The van der Waals surface area contributed by atoms with Crippen molar-refractivity contribution in [2.75, 3.05) is 23.9 Å². The molecular formula is C17H20N2O5. The molecule has 2 amide bonds. The van der Waals surface area contributed by atoms with Gasteiger partial charge in [0.2, 0.25) is 5.91 Å². The molecule has 0 spiro atoms. The lowest BCUT2D eigenvalue weighted by atomic mass is 10.1. The minimum absolute atomic E-state index is 0.0163. The Hall–Kier alpha value is -2.83. The number of esters is 1. The number of nitrogens with zero attached hydrogens (tertiary/aromatic N) is 1. The second kappa shape index (κ2) is 7.63. The van der Waals surface area contributed by atoms with Gasteiger partial charge in [-0.05, 0) is 19.1 Å². The summed E-state index contributed by atoms with van der Waals surface area (Å²) in [6.45, 7) is 5.71. The van der Waals surface area contributed by atoms with Crippen LogP contribution in [0.3, 0.4) is 0 Å². The SMILES string of the molecule is C=CCN1C(=O)C(C)Oc2cc(NC(=O)CCC(=O)OC)ccc21. The van der Waals surface area contributed by atoms with Crippen LogP contribution in [0, 0.1) is 0 Å². The maximum atomic E-state index is 12.2. The van der Waals surface area contributed by atoms with Crippen LogP contribution in [0.25, 0.3) is 0 Å². The van der Waals surface area contributed by atoms with Gasteiger partial charge in [0.05, 0.1) is 19.2 Å². The molecule has 0 radical (unpaired) electrons. The summed E-state index contributed by atoms with van der Waals surface area (Å²) < 4.78 is 10.1. The normalized spacial score (nSPS) is 16.0.